The maximum Gasteiger partial charge on any atom is 0.340 e. The molecule has 0 bridgehead atoms. The number of fused-ring (bicyclic) bond motifs is 1. The van der Waals surface area contributed by atoms with Gasteiger partial charge in [0, 0.05) is 16.3 Å². The fourth-order valence-corrected chi connectivity index (χ4v) is 2.66. The van der Waals surface area contributed by atoms with Gasteiger partial charge in [0.1, 0.15) is 0 Å². The summed E-state index contributed by atoms with van der Waals surface area (Å²) in [4.78, 5) is 16.9. The molecule has 3 aromatic rings. The molecule has 0 atom stereocenters. The number of esters is 1. The van der Waals surface area contributed by atoms with E-state index in [9.17, 15) is 4.79 Å². The summed E-state index contributed by atoms with van der Waals surface area (Å²) in [7, 11) is 0. The van der Waals surface area contributed by atoms with E-state index in [1.54, 1.807) is 6.92 Å². The molecule has 110 valence electrons. The van der Waals surface area contributed by atoms with E-state index in [1.807, 2.05) is 61.5 Å². The van der Waals surface area contributed by atoms with E-state index in [2.05, 4.69) is 4.98 Å². The number of hydrogen-bond donors (Lipinski definition) is 0. The summed E-state index contributed by atoms with van der Waals surface area (Å²) < 4.78 is 5.18. The minimum Gasteiger partial charge on any atom is -0.462 e. The fraction of sp³-hybridized carbons (Fsp3) is 0.158. The van der Waals surface area contributed by atoms with Gasteiger partial charge in [-0.15, -0.1) is 0 Å². The van der Waals surface area contributed by atoms with Gasteiger partial charge in [0.15, 0.2) is 0 Å². The first-order valence-electron chi connectivity index (χ1n) is 7.34. The van der Waals surface area contributed by atoms with Crippen LogP contribution in [0.3, 0.4) is 0 Å². The fourth-order valence-electron chi connectivity index (χ4n) is 2.66. The molecule has 0 saturated heterocycles. The zero-order valence-corrected chi connectivity index (χ0v) is 12.7. The van der Waals surface area contributed by atoms with Crippen molar-refractivity contribution in [3.05, 3.63) is 65.9 Å². The summed E-state index contributed by atoms with van der Waals surface area (Å²) in [5, 5.41) is 1.84. The molecule has 0 saturated carbocycles. The van der Waals surface area contributed by atoms with Crippen LogP contribution >= 0.6 is 0 Å². The van der Waals surface area contributed by atoms with Gasteiger partial charge < -0.3 is 4.74 Å². The highest BCUT2D eigenvalue weighted by Gasteiger charge is 2.18. The third-order valence-electron chi connectivity index (χ3n) is 3.62. The molecule has 0 unspecified atom stereocenters. The lowest BCUT2D eigenvalue weighted by Gasteiger charge is -2.13. The normalized spacial score (nSPS) is 10.6. The van der Waals surface area contributed by atoms with Gasteiger partial charge in [0.05, 0.1) is 23.6 Å². The highest BCUT2D eigenvalue weighted by atomic mass is 16.5. The maximum absolute atomic E-state index is 12.3. The van der Waals surface area contributed by atoms with Gasteiger partial charge in [-0.3, -0.25) is 4.98 Å². The Hall–Kier alpha value is -2.68. The summed E-state index contributed by atoms with van der Waals surface area (Å²) >= 11 is 0. The van der Waals surface area contributed by atoms with Crippen molar-refractivity contribution in [1.82, 2.24) is 4.98 Å². The number of hydrogen-bond acceptors (Lipinski definition) is 3. The van der Waals surface area contributed by atoms with Crippen molar-refractivity contribution in [2.45, 2.75) is 13.8 Å². The SMILES string of the molecule is CCOC(=O)c1c(C)nc(-c2ccccc2)c2ccccc12. The van der Waals surface area contributed by atoms with E-state index in [-0.39, 0.29) is 5.97 Å². The van der Waals surface area contributed by atoms with E-state index in [1.165, 1.54) is 0 Å². The Balaban J connectivity index is 2.30. The highest BCUT2D eigenvalue weighted by Crippen LogP contribution is 2.30. The van der Waals surface area contributed by atoms with Crippen molar-refractivity contribution in [2.75, 3.05) is 6.61 Å². The molecule has 0 N–H and O–H groups in total. The van der Waals surface area contributed by atoms with Crippen molar-refractivity contribution in [3.8, 4) is 11.3 Å². The average Bonchev–Trinajstić information content (AvgIpc) is 2.55. The molecular formula is C19H17NO2. The molecule has 0 fully saturated rings. The van der Waals surface area contributed by atoms with Crippen molar-refractivity contribution < 1.29 is 9.53 Å². The van der Waals surface area contributed by atoms with Gasteiger partial charge in [-0.1, -0.05) is 54.6 Å². The number of rotatable bonds is 3. The van der Waals surface area contributed by atoms with Crippen LogP contribution in [0.2, 0.25) is 0 Å². The quantitative estimate of drug-likeness (QED) is 0.672. The van der Waals surface area contributed by atoms with Gasteiger partial charge in [0.2, 0.25) is 0 Å². The number of pyridine rings is 1. The largest absolute Gasteiger partial charge is 0.462 e. The molecule has 22 heavy (non-hydrogen) atoms. The molecule has 0 aliphatic rings. The zero-order valence-electron chi connectivity index (χ0n) is 12.7. The Morgan fingerprint density at radius 2 is 1.64 bits per heavy atom. The Labute approximate surface area is 129 Å². The number of nitrogens with zero attached hydrogens (tertiary/aromatic N) is 1. The molecule has 0 radical (unpaired) electrons. The first-order chi connectivity index (χ1) is 10.7. The van der Waals surface area contributed by atoms with Crippen LogP contribution in [0, 0.1) is 6.92 Å². The third kappa shape index (κ3) is 2.46. The summed E-state index contributed by atoms with van der Waals surface area (Å²) in [5.41, 5.74) is 3.17. The van der Waals surface area contributed by atoms with Crippen LogP contribution in [0.15, 0.2) is 54.6 Å². The Bertz CT molecular complexity index is 825. The zero-order chi connectivity index (χ0) is 15.5. The molecule has 0 amide bonds. The molecule has 0 aliphatic carbocycles. The molecule has 0 aliphatic heterocycles. The number of carbonyl (C=O) groups excluding carboxylic acids is 1. The van der Waals surface area contributed by atoms with Crippen LogP contribution in [-0.4, -0.2) is 17.6 Å². The first kappa shape index (κ1) is 14.3. The molecule has 1 heterocycles. The predicted molar refractivity (Wildman–Crippen MR) is 87.9 cm³/mol. The van der Waals surface area contributed by atoms with Crippen LogP contribution in [0.5, 0.6) is 0 Å². The summed E-state index contributed by atoms with van der Waals surface area (Å²) in [6, 6.07) is 17.8. The maximum atomic E-state index is 12.3. The second-order valence-corrected chi connectivity index (χ2v) is 5.05. The standard InChI is InChI=1S/C19H17NO2/c1-3-22-19(21)17-13(2)20-18(14-9-5-4-6-10-14)16-12-8-7-11-15(16)17/h4-12H,3H2,1-2H3. The smallest absolute Gasteiger partial charge is 0.340 e. The van der Waals surface area contributed by atoms with Gasteiger partial charge in [-0.05, 0) is 13.8 Å². The average molecular weight is 291 g/mol. The summed E-state index contributed by atoms with van der Waals surface area (Å²) in [6.45, 7) is 4.01. The summed E-state index contributed by atoms with van der Waals surface area (Å²) in [6.07, 6.45) is 0. The Morgan fingerprint density at radius 3 is 2.32 bits per heavy atom. The number of ether oxygens (including phenoxy) is 1. The van der Waals surface area contributed by atoms with E-state index < -0.39 is 0 Å². The van der Waals surface area contributed by atoms with Gasteiger partial charge in [-0.2, -0.15) is 0 Å². The molecule has 3 heteroatoms. The van der Waals surface area contributed by atoms with Crippen LogP contribution in [0.4, 0.5) is 0 Å². The lowest BCUT2D eigenvalue weighted by Crippen LogP contribution is -2.09. The lowest BCUT2D eigenvalue weighted by molar-refractivity contribution is 0.0527. The van der Waals surface area contributed by atoms with E-state index in [0.29, 0.717) is 17.9 Å². The monoisotopic (exact) mass is 291 g/mol. The van der Waals surface area contributed by atoms with Crippen LogP contribution in [0.25, 0.3) is 22.0 Å². The molecule has 0 spiro atoms. The second-order valence-electron chi connectivity index (χ2n) is 5.05. The highest BCUT2D eigenvalue weighted by molar-refractivity contribution is 6.08. The minimum atomic E-state index is -0.316. The van der Waals surface area contributed by atoms with Gasteiger partial charge in [0.25, 0.3) is 0 Å². The third-order valence-corrected chi connectivity index (χ3v) is 3.62. The van der Waals surface area contributed by atoms with Crippen molar-refractivity contribution in [3.63, 3.8) is 0 Å². The lowest BCUT2D eigenvalue weighted by atomic mass is 9.98. The molecular weight excluding hydrogens is 274 g/mol. The Kier molecular flexibility index (Phi) is 3.88. The topological polar surface area (TPSA) is 39.2 Å². The van der Waals surface area contributed by atoms with Gasteiger partial charge >= 0.3 is 5.97 Å². The minimum absolute atomic E-state index is 0.316. The second kappa shape index (κ2) is 5.98. The number of aromatic nitrogens is 1. The number of aryl methyl sites for hydroxylation is 1. The molecule has 3 rings (SSSR count). The van der Waals surface area contributed by atoms with Crippen LogP contribution in [-0.2, 0) is 4.74 Å². The summed E-state index contributed by atoms with van der Waals surface area (Å²) in [5.74, 6) is -0.316. The molecule has 1 aromatic heterocycles. The first-order valence-corrected chi connectivity index (χ1v) is 7.34. The van der Waals surface area contributed by atoms with Gasteiger partial charge in [-0.25, -0.2) is 4.79 Å². The Morgan fingerprint density at radius 1 is 1.00 bits per heavy atom. The number of carbonyl (C=O) groups is 1. The van der Waals surface area contributed by atoms with Crippen molar-refractivity contribution in [2.24, 2.45) is 0 Å². The predicted octanol–water partition coefficient (Wildman–Crippen LogP) is 4.39. The van der Waals surface area contributed by atoms with Crippen LogP contribution < -0.4 is 0 Å². The van der Waals surface area contributed by atoms with E-state index >= 15 is 0 Å². The molecule has 3 nitrogen and oxygen atoms in total. The number of benzene rings is 2. The van der Waals surface area contributed by atoms with Crippen molar-refractivity contribution in [1.29, 1.82) is 0 Å². The molecule has 2 aromatic carbocycles. The van der Waals surface area contributed by atoms with E-state index in [4.69, 9.17) is 4.74 Å². The van der Waals surface area contributed by atoms with E-state index in [0.717, 1.165) is 22.0 Å². The van der Waals surface area contributed by atoms with Crippen molar-refractivity contribution >= 4 is 16.7 Å². The van der Waals surface area contributed by atoms with Crippen LogP contribution in [0.1, 0.15) is 23.0 Å².